The molecule has 0 amide bonds. The third-order valence-corrected chi connectivity index (χ3v) is 7.78. The van der Waals surface area contributed by atoms with E-state index in [1.807, 2.05) is 62.4 Å². The summed E-state index contributed by atoms with van der Waals surface area (Å²) in [7, 11) is 0. The molecule has 5 nitrogen and oxygen atoms in total. The van der Waals surface area contributed by atoms with Crippen LogP contribution in [0.4, 0.5) is 17.1 Å². The van der Waals surface area contributed by atoms with Crippen molar-refractivity contribution in [2.75, 3.05) is 4.90 Å². The average Bonchev–Trinajstić information content (AvgIpc) is 3.75. The summed E-state index contributed by atoms with van der Waals surface area (Å²) in [5, 5.41) is 11.1. The van der Waals surface area contributed by atoms with Crippen LogP contribution in [0.1, 0.15) is 13.8 Å². The molecule has 0 saturated carbocycles. The molecule has 218 valence electrons. The van der Waals surface area contributed by atoms with Gasteiger partial charge in [0.25, 0.3) is 0 Å². The van der Waals surface area contributed by atoms with Crippen molar-refractivity contribution in [1.29, 1.82) is 0 Å². The van der Waals surface area contributed by atoms with Crippen LogP contribution in [-0.4, -0.2) is 14.8 Å². The highest BCUT2D eigenvalue weighted by Crippen LogP contribution is 2.37. The van der Waals surface area contributed by atoms with Gasteiger partial charge < -0.3 is 13.9 Å². The molecule has 2 heterocycles. The number of rotatable bonds is 6. The molecule has 0 N–H and O–H groups in total. The van der Waals surface area contributed by atoms with Crippen LogP contribution in [0.5, 0.6) is 0 Å². The van der Waals surface area contributed by atoms with Gasteiger partial charge in [-0.3, -0.25) is 0 Å². The molecule has 0 fully saturated rings. The first-order chi connectivity index (χ1) is 22.3. The molecule has 8 aromatic rings. The molecule has 0 bridgehead atoms. The van der Waals surface area contributed by atoms with Crippen LogP contribution >= 0.6 is 0 Å². The van der Waals surface area contributed by atoms with Gasteiger partial charge >= 0.3 is 0 Å². The van der Waals surface area contributed by atoms with Crippen molar-refractivity contribution in [2.24, 2.45) is 0 Å². The first-order valence-corrected chi connectivity index (χ1v) is 15.3. The Hall–Kier alpha value is -5.94. The number of aromatic nitrogens is 3. The minimum atomic E-state index is 0.493. The summed E-state index contributed by atoms with van der Waals surface area (Å²) >= 11 is 0. The predicted molar refractivity (Wildman–Crippen MR) is 186 cm³/mol. The van der Waals surface area contributed by atoms with E-state index in [9.17, 15) is 0 Å². The smallest absolute Gasteiger partial charge is 0.248 e. The molecule has 2 aromatic heterocycles. The fourth-order valence-electron chi connectivity index (χ4n) is 5.77. The Bertz CT molecular complexity index is 2110. The van der Waals surface area contributed by atoms with Crippen LogP contribution in [-0.2, 0) is 0 Å². The molecule has 0 aliphatic carbocycles. The Balaban J connectivity index is 0.00000160. The van der Waals surface area contributed by atoms with Gasteiger partial charge in [-0.25, -0.2) is 0 Å². The normalized spacial score (nSPS) is 10.9. The van der Waals surface area contributed by atoms with Crippen molar-refractivity contribution in [3.8, 4) is 28.6 Å². The van der Waals surface area contributed by atoms with E-state index in [1.165, 1.54) is 21.8 Å². The molecule has 45 heavy (non-hydrogen) atoms. The van der Waals surface area contributed by atoms with Gasteiger partial charge in [-0.2, -0.15) is 0 Å². The van der Waals surface area contributed by atoms with E-state index in [4.69, 9.17) is 4.42 Å². The van der Waals surface area contributed by atoms with E-state index in [0.717, 1.165) is 33.9 Å². The summed E-state index contributed by atoms with van der Waals surface area (Å²) in [4.78, 5) is 2.25. The number of fused-ring (bicyclic) bond motifs is 3. The number of nitrogens with zero attached hydrogens (tertiary/aromatic N) is 4. The summed E-state index contributed by atoms with van der Waals surface area (Å²) in [5.74, 6) is 1.00. The second kappa shape index (κ2) is 12.3. The first-order valence-electron chi connectivity index (χ1n) is 15.3. The molecule has 0 saturated heterocycles. The zero-order valence-corrected chi connectivity index (χ0v) is 25.2. The summed E-state index contributed by atoms with van der Waals surface area (Å²) < 4.78 is 8.33. The van der Waals surface area contributed by atoms with Gasteiger partial charge in [0.05, 0.1) is 11.0 Å². The second-order valence-electron chi connectivity index (χ2n) is 10.4. The lowest BCUT2D eigenvalue weighted by atomic mass is 10.1. The third kappa shape index (κ3) is 5.25. The lowest BCUT2D eigenvalue weighted by Crippen LogP contribution is -2.10. The van der Waals surface area contributed by atoms with Crippen LogP contribution < -0.4 is 4.90 Å². The standard InChI is InChI=1S/C38H26N4O.C2H6/c1-3-11-27(12-4-1)37-39-40-38(43-37)28-19-21-30(22-20-28)41(29-13-5-2-6-14-29)31-23-25-32(26-24-31)42-35-17-9-7-15-33(35)34-16-8-10-18-36(34)42;1-2/h1-26H;1-2H3. The van der Waals surface area contributed by atoms with Gasteiger partial charge in [-0.1, -0.05) is 86.6 Å². The minimum Gasteiger partial charge on any atom is -0.416 e. The Morgan fingerprint density at radius 3 is 1.42 bits per heavy atom. The average molecular weight is 585 g/mol. The highest BCUT2D eigenvalue weighted by Gasteiger charge is 2.16. The lowest BCUT2D eigenvalue weighted by molar-refractivity contribution is 0.584. The lowest BCUT2D eigenvalue weighted by Gasteiger charge is -2.26. The SMILES string of the molecule is CC.c1ccc(-c2nnc(-c3ccc(N(c4ccccc4)c4ccc(-n5c6ccccc6c6ccccc65)cc4)cc3)o2)cc1. The summed E-state index contributed by atoms with van der Waals surface area (Å²) in [5.41, 5.74) is 8.45. The van der Waals surface area contributed by atoms with Crippen LogP contribution in [0, 0.1) is 0 Å². The third-order valence-electron chi connectivity index (χ3n) is 7.78. The molecule has 0 atom stereocenters. The van der Waals surface area contributed by atoms with Gasteiger partial charge in [0.1, 0.15) is 0 Å². The van der Waals surface area contributed by atoms with Crippen LogP contribution in [0.15, 0.2) is 162 Å². The van der Waals surface area contributed by atoms with E-state index in [-0.39, 0.29) is 0 Å². The molecular weight excluding hydrogens is 552 g/mol. The molecule has 0 aliphatic rings. The number of hydrogen-bond donors (Lipinski definition) is 0. The molecule has 0 unspecified atom stereocenters. The Morgan fingerprint density at radius 1 is 0.444 bits per heavy atom. The van der Waals surface area contributed by atoms with Crippen LogP contribution in [0.3, 0.4) is 0 Å². The van der Waals surface area contributed by atoms with E-state index < -0.39 is 0 Å². The van der Waals surface area contributed by atoms with Gasteiger partial charge in [-0.05, 0) is 84.9 Å². The van der Waals surface area contributed by atoms with Crippen molar-refractivity contribution in [1.82, 2.24) is 14.8 Å². The fraction of sp³-hybridized carbons (Fsp3) is 0.0500. The molecular formula is C40H32N4O. The van der Waals surface area contributed by atoms with E-state index >= 15 is 0 Å². The van der Waals surface area contributed by atoms with E-state index in [1.54, 1.807) is 0 Å². The van der Waals surface area contributed by atoms with E-state index in [2.05, 4.69) is 129 Å². The molecule has 0 radical (unpaired) electrons. The Labute approximate surface area is 262 Å². The minimum absolute atomic E-state index is 0.493. The number of benzene rings is 6. The fourth-order valence-corrected chi connectivity index (χ4v) is 5.77. The van der Waals surface area contributed by atoms with Crippen LogP contribution in [0.25, 0.3) is 50.4 Å². The van der Waals surface area contributed by atoms with Gasteiger partial charge in [0.15, 0.2) is 0 Å². The summed E-state index contributed by atoms with van der Waals surface area (Å²) in [6.45, 7) is 4.00. The summed E-state index contributed by atoms with van der Waals surface area (Å²) in [6.07, 6.45) is 0. The number of hydrogen-bond acceptors (Lipinski definition) is 4. The van der Waals surface area contributed by atoms with Crippen molar-refractivity contribution < 1.29 is 4.42 Å². The zero-order chi connectivity index (χ0) is 30.6. The molecule has 6 aromatic carbocycles. The number of anilines is 3. The van der Waals surface area contributed by atoms with Crippen molar-refractivity contribution in [3.63, 3.8) is 0 Å². The molecule has 0 aliphatic heterocycles. The quantitative estimate of drug-likeness (QED) is 0.195. The highest BCUT2D eigenvalue weighted by atomic mass is 16.4. The predicted octanol–water partition coefficient (Wildman–Crippen LogP) is 11.0. The largest absolute Gasteiger partial charge is 0.416 e. The maximum absolute atomic E-state index is 6.00. The topological polar surface area (TPSA) is 47.1 Å². The first kappa shape index (κ1) is 27.9. The van der Waals surface area contributed by atoms with Gasteiger partial charge in [0, 0.05) is 44.6 Å². The molecule has 5 heteroatoms. The maximum Gasteiger partial charge on any atom is 0.248 e. The monoisotopic (exact) mass is 584 g/mol. The Kier molecular flexibility index (Phi) is 7.65. The summed E-state index contributed by atoms with van der Waals surface area (Å²) in [6, 6.07) is 54.4. The van der Waals surface area contributed by atoms with Crippen molar-refractivity contribution >= 4 is 38.9 Å². The molecule has 8 rings (SSSR count). The van der Waals surface area contributed by atoms with Crippen molar-refractivity contribution in [3.05, 3.63) is 158 Å². The second-order valence-corrected chi connectivity index (χ2v) is 10.4. The van der Waals surface area contributed by atoms with Gasteiger partial charge in [0.2, 0.25) is 11.8 Å². The zero-order valence-electron chi connectivity index (χ0n) is 25.2. The highest BCUT2D eigenvalue weighted by molar-refractivity contribution is 6.09. The maximum atomic E-state index is 6.00. The Morgan fingerprint density at radius 2 is 0.867 bits per heavy atom. The number of para-hydroxylation sites is 3. The van der Waals surface area contributed by atoms with E-state index in [0.29, 0.717) is 11.8 Å². The van der Waals surface area contributed by atoms with Crippen molar-refractivity contribution in [2.45, 2.75) is 13.8 Å². The molecule has 0 spiro atoms. The van der Waals surface area contributed by atoms with Crippen LogP contribution in [0.2, 0.25) is 0 Å². The van der Waals surface area contributed by atoms with Gasteiger partial charge in [-0.15, -0.1) is 10.2 Å².